The first-order valence-corrected chi connectivity index (χ1v) is 8.60. The Morgan fingerprint density at radius 2 is 1.57 bits per heavy atom. The Bertz CT molecular complexity index is 614. The number of aryl methyl sites for hydroxylation is 3. The van der Waals surface area contributed by atoms with Gasteiger partial charge in [-0.3, -0.25) is 4.79 Å². The van der Waals surface area contributed by atoms with E-state index >= 15 is 0 Å². The van der Waals surface area contributed by atoms with Crippen molar-refractivity contribution in [2.75, 3.05) is 5.75 Å². The Morgan fingerprint density at radius 3 is 2.00 bits per heavy atom. The van der Waals surface area contributed by atoms with E-state index in [9.17, 15) is 13.2 Å². The smallest absolute Gasteiger partial charge is 0.307 e. The molecule has 4 nitrogen and oxygen atoms in total. The van der Waals surface area contributed by atoms with Crippen LogP contribution >= 0.6 is 0 Å². The summed E-state index contributed by atoms with van der Waals surface area (Å²) < 4.78 is 30.0. The first kappa shape index (κ1) is 17.7. The third-order valence-corrected chi connectivity index (χ3v) is 4.92. The second-order valence-electron chi connectivity index (χ2n) is 6.38. The molecule has 0 aliphatic carbocycles. The standard InChI is InChI=1S/C16H24O4S/c1-11-9-12(2)15(13(3)10-11)21(18,19)8-7-14(17)20-16(4,5)6/h9-10H,7-8H2,1-6H3. The largest absolute Gasteiger partial charge is 0.460 e. The topological polar surface area (TPSA) is 60.4 Å². The number of sulfone groups is 1. The molecule has 0 saturated heterocycles. The molecule has 21 heavy (non-hydrogen) atoms. The fraction of sp³-hybridized carbons (Fsp3) is 0.562. The molecule has 0 saturated carbocycles. The molecule has 1 rings (SSSR count). The van der Waals surface area contributed by atoms with Crippen molar-refractivity contribution in [3.8, 4) is 0 Å². The summed E-state index contributed by atoms with van der Waals surface area (Å²) in [6.45, 7) is 10.8. The van der Waals surface area contributed by atoms with Crippen LogP contribution in [-0.2, 0) is 19.4 Å². The number of rotatable bonds is 4. The summed E-state index contributed by atoms with van der Waals surface area (Å²) >= 11 is 0. The van der Waals surface area contributed by atoms with Gasteiger partial charge in [0, 0.05) is 0 Å². The summed E-state index contributed by atoms with van der Waals surface area (Å²) in [6, 6.07) is 3.68. The number of hydrogen-bond donors (Lipinski definition) is 0. The lowest BCUT2D eigenvalue weighted by molar-refractivity contribution is -0.154. The first-order chi connectivity index (χ1) is 9.42. The van der Waals surface area contributed by atoms with E-state index in [2.05, 4.69) is 0 Å². The number of benzene rings is 1. The number of esters is 1. The summed E-state index contributed by atoms with van der Waals surface area (Å²) in [4.78, 5) is 12.0. The number of hydrogen-bond acceptors (Lipinski definition) is 4. The molecule has 0 atom stereocenters. The summed E-state index contributed by atoms with van der Waals surface area (Å²) in [6.07, 6.45) is -0.133. The highest BCUT2D eigenvalue weighted by Crippen LogP contribution is 2.23. The Hall–Kier alpha value is -1.36. The number of carbonyl (C=O) groups excluding carboxylic acids is 1. The lowest BCUT2D eigenvalue weighted by atomic mass is 10.1. The molecule has 0 amide bonds. The van der Waals surface area contributed by atoms with Crippen LogP contribution in [0, 0.1) is 20.8 Å². The van der Waals surface area contributed by atoms with Crippen LogP contribution in [0.25, 0.3) is 0 Å². The molecule has 1 aromatic rings. The molecule has 0 spiro atoms. The predicted octanol–water partition coefficient (Wildman–Crippen LogP) is 3.12. The van der Waals surface area contributed by atoms with Gasteiger partial charge in [-0.1, -0.05) is 17.7 Å². The summed E-state index contributed by atoms with van der Waals surface area (Å²) in [7, 11) is -3.49. The van der Waals surface area contributed by atoms with Gasteiger partial charge in [0.1, 0.15) is 5.60 Å². The highest BCUT2D eigenvalue weighted by Gasteiger charge is 2.23. The molecular formula is C16H24O4S. The van der Waals surface area contributed by atoms with Crippen LogP contribution in [0.5, 0.6) is 0 Å². The first-order valence-electron chi connectivity index (χ1n) is 6.95. The van der Waals surface area contributed by atoms with Gasteiger partial charge in [0.15, 0.2) is 9.84 Å². The molecule has 0 aliphatic rings. The number of ether oxygens (including phenoxy) is 1. The molecular weight excluding hydrogens is 288 g/mol. The Morgan fingerprint density at radius 1 is 1.10 bits per heavy atom. The second-order valence-corrected chi connectivity index (χ2v) is 8.43. The van der Waals surface area contributed by atoms with Crippen LogP contribution in [-0.4, -0.2) is 25.7 Å². The van der Waals surface area contributed by atoms with Gasteiger partial charge in [-0.15, -0.1) is 0 Å². The Labute approximate surface area is 127 Å². The highest BCUT2D eigenvalue weighted by atomic mass is 32.2. The van der Waals surface area contributed by atoms with Gasteiger partial charge in [0.05, 0.1) is 17.1 Å². The van der Waals surface area contributed by atoms with Crippen molar-refractivity contribution in [1.29, 1.82) is 0 Å². The number of carbonyl (C=O) groups is 1. The van der Waals surface area contributed by atoms with Crippen molar-refractivity contribution in [1.82, 2.24) is 0 Å². The van der Waals surface area contributed by atoms with E-state index in [-0.39, 0.29) is 12.2 Å². The minimum absolute atomic E-state index is 0.133. The van der Waals surface area contributed by atoms with Crippen LogP contribution in [0.4, 0.5) is 0 Å². The van der Waals surface area contributed by atoms with Crippen molar-refractivity contribution in [3.05, 3.63) is 28.8 Å². The van der Waals surface area contributed by atoms with Crippen LogP contribution in [0.2, 0.25) is 0 Å². The summed E-state index contributed by atoms with van der Waals surface area (Å²) in [5, 5.41) is 0. The molecule has 0 aliphatic heterocycles. The average molecular weight is 312 g/mol. The van der Waals surface area contributed by atoms with Gasteiger partial charge in [0.25, 0.3) is 0 Å². The third kappa shape index (κ3) is 5.16. The minimum Gasteiger partial charge on any atom is -0.460 e. The molecule has 0 aromatic heterocycles. The molecule has 0 heterocycles. The van der Waals surface area contributed by atoms with Gasteiger partial charge in [0.2, 0.25) is 0 Å². The molecule has 5 heteroatoms. The van der Waals surface area contributed by atoms with Crippen molar-refractivity contribution in [2.24, 2.45) is 0 Å². The normalized spacial score (nSPS) is 12.3. The van der Waals surface area contributed by atoms with Crippen LogP contribution in [0.1, 0.15) is 43.9 Å². The molecule has 0 fully saturated rings. The molecule has 1 aromatic carbocycles. The maximum absolute atomic E-state index is 12.4. The average Bonchev–Trinajstić information content (AvgIpc) is 2.22. The maximum atomic E-state index is 12.4. The summed E-state index contributed by atoms with van der Waals surface area (Å²) in [5.74, 6) is -0.722. The van der Waals surface area contributed by atoms with Gasteiger partial charge < -0.3 is 4.74 Å². The van der Waals surface area contributed by atoms with Crippen LogP contribution in [0.3, 0.4) is 0 Å². The quantitative estimate of drug-likeness (QED) is 0.801. The fourth-order valence-corrected chi connectivity index (χ4v) is 4.11. The van der Waals surface area contributed by atoms with E-state index in [0.29, 0.717) is 4.90 Å². The molecule has 0 unspecified atom stereocenters. The van der Waals surface area contributed by atoms with E-state index in [1.807, 2.05) is 19.1 Å². The zero-order valence-electron chi connectivity index (χ0n) is 13.6. The predicted molar refractivity (Wildman–Crippen MR) is 83.2 cm³/mol. The van der Waals surface area contributed by atoms with E-state index in [1.54, 1.807) is 34.6 Å². The van der Waals surface area contributed by atoms with Crippen molar-refractivity contribution in [3.63, 3.8) is 0 Å². The molecule has 0 bridgehead atoms. The monoisotopic (exact) mass is 312 g/mol. The van der Waals surface area contributed by atoms with E-state index in [1.165, 1.54) is 0 Å². The van der Waals surface area contributed by atoms with Gasteiger partial charge in [-0.05, 0) is 52.7 Å². The van der Waals surface area contributed by atoms with Gasteiger partial charge in [-0.2, -0.15) is 0 Å². The van der Waals surface area contributed by atoms with Crippen LogP contribution in [0.15, 0.2) is 17.0 Å². The SMILES string of the molecule is Cc1cc(C)c(S(=O)(=O)CCC(=O)OC(C)(C)C)c(C)c1. The van der Waals surface area contributed by atoms with Crippen LogP contribution < -0.4 is 0 Å². The van der Waals surface area contributed by atoms with Crippen molar-refractivity contribution < 1.29 is 17.9 Å². The fourth-order valence-electron chi connectivity index (χ4n) is 2.37. The van der Waals surface area contributed by atoms with E-state index in [4.69, 9.17) is 4.74 Å². The Balaban J connectivity index is 2.91. The minimum atomic E-state index is -3.49. The second kappa shape index (κ2) is 6.18. The highest BCUT2D eigenvalue weighted by molar-refractivity contribution is 7.91. The van der Waals surface area contributed by atoms with Crippen molar-refractivity contribution >= 4 is 15.8 Å². The van der Waals surface area contributed by atoms with Gasteiger partial charge >= 0.3 is 5.97 Å². The zero-order valence-corrected chi connectivity index (χ0v) is 14.4. The lowest BCUT2D eigenvalue weighted by Gasteiger charge is -2.19. The molecule has 118 valence electrons. The Kier molecular flexibility index (Phi) is 5.20. The maximum Gasteiger partial charge on any atom is 0.307 e. The lowest BCUT2D eigenvalue weighted by Crippen LogP contribution is -2.25. The van der Waals surface area contributed by atoms with E-state index < -0.39 is 21.4 Å². The summed E-state index contributed by atoms with van der Waals surface area (Å²) in [5.41, 5.74) is 1.86. The molecule has 0 N–H and O–H groups in total. The van der Waals surface area contributed by atoms with Gasteiger partial charge in [-0.25, -0.2) is 8.42 Å². The van der Waals surface area contributed by atoms with Crippen molar-refractivity contribution in [2.45, 2.75) is 58.5 Å². The van der Waals surface area contributed by atoms with E-state index in [0.717, 1.165) is 16.7 Å². The molecule has 0 radical (unpaired) electrons. The zero-order chi connectivity index (χ0) is 16.4. The third-order valence-electron chi connectivity index (χ3n) is 2.91.